The van der Waals surface area contributed by atoms with Crippen LogP contribution < -0.4 is 9.46 Å². The number of ether oxygens (including phenoxy) is 1. The predicted molar refractivity (Wildman–Crippen MR) is 88.4 cm³/mol. The third-order valence-electron chi connectivity index (χ3n) is 3.52. The topological polar surface area (TPSA) is 58.6 Å². The summed E-state index contributed by atoms with van der Waals surface area (Å²) in [5, 5.41) is 0.573. The highest BCUT2D eigenvalue weighted by atomic mass is 35.5. The first-order chi connectivity index (χ1) is 10.4. The van der Waals surface area contributed by atoms with E-state index in [4.69, 9.17) is 16.3 Å². The largest absolute Gasteiger partial charge is 0.492 e. The summed E-state index contributed by atoms with van der Waals surface area (Å²) < 4.78 is 34.3. The van der Waals surface area contributed by atoms with Crippen LogP contribution in [0.2, 0.25) is 5.02 Å². The van der Waals surface area contributed by atoms with Crippen LogP contribution in [-0.2, 0) is 10.2 Å². The molecule has 124 valence electrons. The van der Waals surface area contributed by atoms with E-state index in [2.05, 4.69) is 4.72 Å². The second kappa shape index (κ2) is 7.64. The van der Waals surface area contributed by atoms with E-state index in [0.717, 1.165) is 12.8 Å². The van der Waals surface area contributed by atoms with Gasteiger partial charge in [-0.2, -0.15) is 17.4 Å². The summed E-state index contributed by atoms with van der Waals surface area (Å²) in [4.78, 5) is 0. The lowest BCUT2D eigenvalue weighted by molar-refractivity contribution is 0.179. The Hall–Kier alpha value is -0.820. The number of halogens is 1. The van der Waals surface area contributed by atoms with Gasteiger partial charge in [-0.15, -0.1) is 0 Å². The minimum atomic E-state index is -3.40. The standard InChI is InChI=1S/C15H23ClN2O3S/c1-12(2)17-22(19,20)18-9-5-6-13(10-18)11-21-15-8-4-3-7-14(15)16/h3-4,7-8,12-13,17H,5-6,9-11H2,1-2H3. The maximum atomic E-state index is 12.2. The zero-order valence-corrected chi connectivity index (χ0v) is 14.5. The van der Waals surface area contributed by atoms with Gasteiger partial charge in [0, 0.05) is 25.0 Å². The molecule has 0 radical (unpaired) electrons. The van der Waals surface area contributed by atoms with E-state index in [0.29, 0.717) is 30.5 Å². The van der Waals surface area contributed by atoms with Crippen molar-refractivity contribution in [3.63, 3.8) is 0 Å². The minimum absolute atomic E-state index is 0.107. The zero-order valence-electron chi connectivity index (χ0n) is 13.0. The molecule has 1 aliphatic rings. The van der Waals surface area contributed by atoms with Gasteiger partial charge in [0.15, 0.2) is 0 Å². The second-order valence-corrected chi connectivity index (χ2v) is 7.99. The van der Waals surface area contributed by atoms with Crippen LogP contribution in [-0.4, -0.2) is 38.5 Å². The number of para-hydroxylation sites is 1. The molecule has 0 spiro atoms. The molecule has 22 heavy (non-hydrogen) atoms. The normalized spacial score (nSPS) is 20.3. The second-order valence-electron chi connectivity index (χ2n) is 5.89. The van der Waals surface area contributed by atoms with Crippen molar-refractivity contribution >= 4 is 21.8 Å². The van der Waals surface area contributed by atoms with Crippen LogP contribution in [0.1, 0.15) is 26.7 Å². The summed E-state index contributed by atoms with van der Waals surface area (Å²) in [6, 6.07) is 7.21. The Morgan fingerprint density at radius 2 is 2.14 bits per heavy atom. The van der Waals surface area contributed by atoms with E-state index in [-0.39, 0.29) is 12.0 Å². The van der Waals surface area contributed by atoms with E-state index >= 15 is 0 Å². The Labute approximate surface area is 137 Å². The number of hydrogen-bond donors (Lipinski definition) is 1. The lowest BCUT2D eigenvalue weighted by Gasteiger charge is -2.32. The van der Waals surface area contributed by atoms with Crippen molar-refractivity contribution in [3.8, 4) is 5.75 Å². The van der Waals surface area contributed by atoms with Crippen molar-refractivity contribution in [1.29, 1.82) is 0 Å². The van der Waals surface area contributed by atoms with E-state index < -0.39 is 10.2 Å². The molecule has 1 aliphatic heterocycles. The molecule has 0 saturated carbocycles. The molecule has 1 atom stereocenters. The summed E-state index contributed by atoms with van der Waals surface area (Å²) >= 11 is 6.06. The first kappa shape index (κ1) is 17.5. The van der Waals surface area contributed by atoms with E-state index in [1.165, 1.54) is 4.31 Å². The first-order valence-electron chi connectivity index (χ1n) is 7.53. The summed E-state index contributed by atoms with van der Waals surface area (Å²) in [6.07, 6.45) is 1.80. The number of rotatable bonds is 6. The molecule has 1 N–H and O–H groups in total. The molecule has 2 rings (SSSR count). The molecule has 1 aromatic rings. The fourth-order valence-electron chi connectivity index (χ4n) is 2.52. The molecular formula is C15H23ClN2O3S. The van der Waals surface area contributed by atoms with Crippen molar-refractivity contribution in [1.82, 2.24) is 9.03 Å². The number of hydrogen-bond acceptors (Lipinski definition) is 3. The predicted octanol–water partition coefficient (Wildman–Crippen LogP) is 2.67. The van der Waals surface area contributed by atoms with Crippen LogP contribution >= 0.6 is 11.6 Å². The van der Waals surface area contributed by atoms with Gasteiger partial charge < -0.3 is 4.74 Å². The number of nitrogens with zero attached hydrogens (tertiary/aromatic N) is 1. The van der Waals surface area contributed by atoms with Crippen LogP contribution in [0.3, 0.4) is 0 Å². The summed E-state index contributed by atoms with van der Waals surface area (Å²) in [5.74, 6) is 0.818. The highest BCUT2D eigenvalue weighted by molar-refractivity contribution is 7.87. The lowest BCUT2D eigenvalue weighted by atomic mass is 10.0. The van der Waals surface area contributed by atoms with E-state index in [1.807, 2.05) is 32.0 Å². The molecule has 7 heteroatoms. The number of nitrogens with one attached hydrogen (secondary N) is 1. The number of benzene rings is 1. The van der Waals surface area contributed by atoms with Gasteiger partial charge in [0.2, 0.25) is 0 Å². The molecular weight excluding hydrogens is 324 g/mol. The summed E-state index contributed by atoms with van der Waals surface area (Å²) in [7, 11) is -3.40. The Morgan fingerprint density at radius 3 is 2.82 bits per heavy atom. The average Bonchev–Trinajstić information content (AvgIpc) is 2.45. The van der Waals surface area contributed by atoms with Gasteiger partial charge >= 0.3 is 0 Å². The maximum absolute atomic E-state index is 12.2. The Bertz CT molecular complexity index is 592. The highest BCUT2D eigenvalue weighted by Gasteiger charge is 2.29. The quantitative estimate of drug-likeness (QED) is 0.861. The van der Waals surface area contributed by atoms with Gasteiger partial charge in [0.25, 0.3) is 10.2 Å². The fraction of sp³-hybridized carbons (Fsp3) is 0.600. The summed E-state index contributed by atoms with van der Waals surface area (Å²) in [5.41, 5.74) is 0. The van der Waals surface area contributed by atoms with Crippen LogP contribution in [0.25, 0.3) is 0 Å². The average molecular weight is 347 g/mol. The molecule has 0 aliphatic carbocycles. The first-order valence-corrected chi connectivity index (χ1v) is 9.35. The minimum Gasteiger partial charge on any atom is -0.492 e. The molecule has 1 fully saturated rings. The van der Waals surface area contributed by atoms with Crippen molar-refractivity contribution < 1.29 is 13.2 Å². The Morgan fingerprint density at radius 1 is 1.41 bits per heavy atom. The molecule has 5 nitrogen and oxygen atoms in total. The van der Waals surface area contributed by atoms with E-state index in [1.54, 1.807) is 6.07 Å². The van der Waals surface area contributed by atoms with Gasteiger partial charge in [0.05, 0.1) is 11.6 Å². The molecule has 0 bridgehead atoms. The van der Waals surface area contributed by atoms with Crippen LogP contribution in [0.5, 0.6) is 5.75 Å². The van der Waals surface area contributed by atoms with E-state index in [9.17, 15) is 8.42 Å². The van der Waals surface area contributed by atoms with Crippen LogP contribution in [0.4, 0.5) is 0 Å². The van der Waals surface area contributed by atoms with Gasteiger partial charge in [-0.25, -0.2) is 0 Å². The van der Waals surface area contributed by atoms with Crippen LogP contribution in [0.15, 0.2) is 24.3 Å². The van der Waals surface area contributed by atoms with Crippen LogP contribution in [0, 0.1) is 5.92 Å². The third-order valence-corrected chi connectivity index (χ3v) is 5.61. The van der Waals surface area contributed by atoms with Gasteiger partial charge in [0.1, 0.15) is 5.75 Å². The maximum Gasteiger partial charge on any atom is 0.279 e. The zero-order chi connectivity index (χ0) is 16.2. The fourth-order valence-corrected chi connectivity index (χ4v) is 4.23. The van der Waals surface area contributed by atoms with Crippen molar-refractivity contribution in [2.45, 2.75) is 32.7 Å². The number of piperidine rings is 1. The molecule has 1 heterocycles. The Balaban J connectivity index is 1.92. The van der Waals surface area contributed by atoms with Crippen molar-refractivity contribution in [2.75, 3.05) is 19.7 Å². The lowest BCUT2D eigenvalue weighted by Crippen LogP contribution is -2.48. The van der Waals surface area contributed by atoms with Gasteiger partial charge in [-0.1, -0.05) is 23.7 Å². The summed E-state index contributed by atoms with van der Waals surface area (Å²) in [6.45, 7) is 5.15. The molecule has 1 saturated heterocycles. The molecule has 0 aromatic heterocycles. The molecule has 0 amide bonds. The van der Waals surface area contributed by atoms with Crippen molar-refractivity contribution in [2.24, 2.45) is 5.92 Å². The van der Waals surface area contributed by atoms with Crippen molar-refractivity contribution in [3.05, 3.63) is 29.3 Å². The monoisotopic (exact) mass is 346 g/mol. The highest BCUT2D eigenvalue weighted by Crippen LogP contribution is 2.25. The SMILES string of the molecule is CC(C)NS(=O)(=O)N1CCCC(COc2ccccc2Cl)C1. The molecule has 1 unspecified atom stereocenters. The van der Waals surface area contributed by atoms with Gasteiger partial charge in [-0.3, -0.25) is 0 Å². The third kappa shape index (κ3) is 4.84. The smallest absolute Gasteiger partial charge is 0.279 e. The molecule has 1 aromatic carbocycles. The van der Waals surface area contributed by atoms with Gasteiger partial charge in [-0.05, 0) is 38.8 Å². The Kier molecular flexibility index (Phi) is 6.09.